The van der Waals surface area contributed by atoms with E-state index in [-0.39, 0.29) is 20.3 Å². The first-order valence-corrected chi connectivity index (χ1v) is 7.91. The van der Waals surface area contributed by atoms with Gasteiger partial charge in [-0.25, -0.2) is 4.79 Å². The summed E-state index contributed by atoms with van der Waals surface area (Å²) in [6.45, 7) is 0. The standard InChI is InChI=1S/C14H6Br2N2O7/c15-11-1-7(6-19)2-12(16)13(11)25-14(20)8-3-9(17(21)22)5-10(4-8)18(23)24/h1-6H. The molecule has 0 N–H and O–H groups in total. The van der Waals surface area contributed by atoms with E-state index in [0.29, 0.717) is 11.8 Å². The van der Waals surface area contributed by atoms with Crippen LogP contribution >= 0.6 is 31.9 Å². The molecule has 0 aromatic heterocycles. The Morgan fingerprint density at radius 3 is 1.84 bits per heavy atom. The van der Waals surface area contributed by atoms with Crippen LogP contribution in [0.1, 0.15) is 20.7 Å². The molecule has 0 atom stereocenters. The zero-order valence-electron chi connectivity index (χ0n) is 12.0. The van der Waals surface area contributed by atoms with Crippen molar-refractivity contribution < 1.29 is 24.2 Å². The second kappa shape index (κ2) is 7.49. The van der Waals surface area contributed by atoms with E-state index in [2.05, 4.69) is 31.9 Å². The number of ether oxygens (including phenoxy) is 1. The minimum atomic E-state index is -1.04. The van der Waals surface area contributed by atoms with Crippen molar-refractivity contribution in [2.24, 2.45) is 0 Å². The first kappa shape index (κ1) is 18.7. The molecule has 0 radical (unpaired) electrons. The van der Waals surface area contributed by atoms with Crippen LogP contribution < -0.4 is 4.74 Å². The lowest BCUT2D eigenvalue weighted by Crippen LogP contribution is -2.10. The van der Waals surface area contributed by atoms with Crippen LogP contribution in [0.5, 0.6) is 5.75 Å². The van der Waals surface area contributed by atoms with Gasteiger partial charge < -0.3 is 4.74 Å². The van der Waals surface area contributed by atoms with E-state index in [4.69, 9.17) is 4.74 Å². The monoisotopic (exact) mass is 472 g/mol. The highest BCUT2D eigenvalue weighted by Gasteiger charge is 2.22. The van der Waals surface area contributed by atoms with Gasteiger partial charge in [-0.3, -0.25) is 25.0 Å². The highest BCUT2D eigenvalue weighted by Crippen LogP contribution is 2.35. The SMILES string of the molecule is O=Cc1cc(Br)c(OC(=O)c2cc([N+](=O)[O-])cc([N+](=O)[O-])c2)c(Br)c1. The quantitative estimate of drug-likeness (QED) is 0.210. The molecule has 2 rings (SSSR count). The van der Waals surface area contributed by atoms with Crippen LogP contribution in [0.3, 0.4) is 0 Å². The number of aldehydes is 1. The molecule has 128 valence electrons. The first-order valence-electron chi connectivity index (χ1n) is 6.33. The lowest BCUT2D eigenvalue weighted by atomic mass is 10.1. The van der Waals surface area contributed by atoms with Crippen LogP contribution in [-0.4, -0.2) is 22.1 Å². The molecule has 11 heteroatoms. The fourth-order valence-electron chi connectivity index (χ4n) is 1.82. The second-order valence-electron chi connectivity index (χ2n) is 4.57. The summed E-state index contributed by atoms with van der Waals surface area (Å²) in [5.74, 6) is -1.02. The molecule has 0 aliphatic heterocycles. The van der Waals surface area contributed by atoms with E-state index in [1.54, 1.807) is 0 Å². The Bertz CT molecular complexity index is 859. The maximum Gasteiger partial charge on any atom is 0.344 e. The van der Waals surface area contributed by atoms with Gasteiger partial charge in [-0.1, -0.05) is 0 Å². The molecular weight excluding hydrogens is 468 g/mol. The third-order valence-electron chi connectivity index (χ3n) is 2.91. The molecule has 0 amide bonds. The Morgan fingerprint density at radius 2 is 1.44 bits per heavy atom. The van der Waals surface area contributed by atoms with E-state index in [0.717, 1.165) is 18.2 Å². The summed E-state index contributed by atoms with van der Waals surface area (Å²) >= 11 is 6.27. The predicted molar refractivity (Wildman–Crippen MR) is 91.9 cm³/mol. The average Bonchev–Trinajstić information content (AvgIpc) is 2.57. The molecule has 2 aromatic carbocycles. The van der Waals surface area contributed by atoms with Gasteiger partial charge in [0.15, 0.2) is 5.75 Å². The highest BCUT2D eigenvalue weighted by atomic mass is 79.9. The largest absolute Gasteiger partial charge is 0.420 e. The maximum absolute atomic E-state index is 12.2. The summed E-state index contributed by atoms with van der Waals surface area (Å²) in [7, 11) is 0. The highest BCUT2D eigenvalue weighted by molar-refractivity contribution is 9.11. The Balaban J connectivity index is 2.43. The molecule has 0 spiro atoms. The lowest BCUT2D eigenvalue weighted by molar-refractivity contribution is -0.394. The summed E-state index contributed by atoms with van der Waals surface area (Å²) < 4.78 is 5.69. The molecule has 0 heterocycles. The zero-order chi connectivity index (χ0) is 18.7. The van der Waals surface area contributed by atoms with Gasteiger partial charge in [0, 0.05) is 17.7 Å². The molecule has 0 saturated carbocycles. The van der Waals surface area contributed by atoms with Crippen molar-refractivity contribution in [3.8, 4) is 5.75 Å². The van der Waals surface area contributed by atoms with E-state index >= 15 is 0 Å². The van der Waals surface area contributed by atoms with Crippen LogP contribution in [0.25, 0.3) is 0 Å². The van der Waals surface area contributed by atoms with Crippen molar-refractivity contribution in [3.63, 3.8) is 0 Å². The van der Waals surface area contributed by atoms with E-state index in [9.17, 15) is 29.8 Å². The van der Waals surface area contributed by atoms with E-state index < -0.39 is 27.2 Å². The number of rotatable bonds is 5. The van der Waals surface area contributed by atoms with Crippen molar-refractivity contribution in [1.82, 2.24) is 0 Å². The van der Waals surface area contributed by atoms with Gasteiger partial charge in [0.2, 0.25) is 0 Å². The van der Waals surface area contributed by atoms with E-state index in [1.165, 1.54) is 12.1 Å². The third kappa shape index (κ3) is 4.25. The number of nitro groups is 2. The van der Waals surface area contributed by atoms with Gasteiger partial charge in [0.05, 0.1) is 30.4 Å². The Kier molecular flexibility index (Phi) is 5.59. The molecule has 0 bridgehead atoms. The summed E-state index contributed by atoms with van der Waals surface area (Å²) in [5.41, 5.74) is -1.28. The van der Waals surface area contributed by atoms with Crippen LogP contribution in [0, 0.1) is 20.2 Å². The van der Waals surface area contributed by atoms with Crippen molar-refractivity contribution in [2.75, 3.05) is 0 Å². The van der Waals surface area contributed by atoms with Crippen LogP contribution in [-0.2, 0) is 0 Å². The maximum atomic E-state index is 12.2. The number of carbonyl (C=O) groups excluding carboxylic acids is 2. The number of benzene rings is 2. The fourth-order valence-corrected chi connectivity index (χ4v) is 3.20. The van der Waals surface area contributed by atoms with Gasteiger partial charge in [0.25, 0.3) is 11.4 Å². The Hall–Kier alpha value is -2.66. The molecule has 0 aliphatic carbocycles. The molecular formula is C14H6Br2N2O7. The molecule has 25 heavy (non-hydrogen) atoms. The van der Waals surface area contributed by atoms with Crippen molar-refractivity contribution in [1.29, 1.82) is 0 Å². The molecule has 0 fully saturated rings. The number of hydrogen-bond donors (Lipinski definition) is 0. The Labute approximate surface area is 156 Å². The number of nitro benzene ring substituents is 2. The third-order valence-corrected chi connectivity index (χ3v) is 4.09. The zero-order valence-corrected chi connectivity index (χ0v) is 15.1. The Morgan fingerprint density at radius 1 is 0.960 bits per heavy atom. The number of nitrogens with zero attached hydrogens (tertiary/aromatic N) is 2. The molecule has 0 saturated heterocycles. The summed E-state index contributed by atoms with van der Waals surface area (Å²) in [6.07, 6.45) is 0.588. The first-order chi connectivity index (χ1) is 11.7. The predicted octanol–water partition coefficient (Wildman–Crippen LogP) is 4.06. The van der Waals surface area contributed by atoms with Crippen molar-refractivity contribution in [2.45, 2.75) is 0 Å². The van der Waals surface area contributed by atoms with Crippen molar-refractivity contribution in [3.05, 3.63) is 70.6 Å². The summed E-state index contributed by atoms with van der Waals surface area (Å²) in [4.78, 5) is 43.1. The molecule has 2 aromatic rings. The number of carbonyl (C=O) groups is 2. The number of non-ortho nitro benzene ring substituents is 2. The molecule has 0 aliphatic rings. The van der Waals surface area contributed by atoms with E-state index in [1.807, 2.05) is 0 Å². The van der Waals surface area contributed by atoms with Crippen molar-refractivity contribution >= 4 is 55.5 Å². The van der Waals surface area contributed by atoms with Gasteiger partial charge in [-0.2, -0.15) is 0 Å². The summed E-state index contributed by atoms with van der Waals surface area (Å²) in [5, 5.41) is 21.7. The lowest BCUT2D eigenvalue weighted by Gasteiger charge is -2.09. The smallest absolute Gasteiger partial charge is 0.344 e. The molecule has 0 unspecified atom stereocenters. The van der Waals surface area contributed by atoms with Crippen LogP contribution in [0.15, 0.2) is 39.3 Å². The normalized spacial score (nSPS) is 10.2. The second-order valence-corrected chi connectivity index (χ2v) is 6.28. The minimum absolute atomic E-state index is 0.0183. The average molecular weight is 474 g/mol. The fraction of sp³-hybridized carbons (Fsp3) is 0. The minimum Gasteiger partial charge on any atom is -0.420 e. The van der Waals surface area contributed by atoms with Gasteiger partial charge in [0.1, 0.15) is 6.29 Å². The van der Waals surface area contributed by atoms with Gasteiger partial charge in [-0.05, 0) is 44.0 Å². The van der Waals surface area contributed by atoms with Gasteiger partial charge in [-0.15, -0.1) is 0 Å². The number of esters is 1. The topological polar surface area (TPSA) is 130 Å². The number of hydrogen-bond acceptors (Lipinski definition) is 7. The van der Waals surface area contributed by atoms with Crippen LogP contribution in [0.2, 0.25) is 0 Å². The molecule has 9 nitrogen and oxygen atoms in total. The summed E-state index contributed by atoms with van der Waals surface area (Å²) in [6, 6.07) is 5.28. The van der Waals surface area contributed by atoms with Gasteiger partial charge >= 0.3 is 5.97 Å². The number of halogens is 2. The van der Waals surface area contributed by atoms with Crippen LogP contribution in [0.4, 0.5) is 11.4 Å².